The first-order valence-electron chi connectivity index (χ1n) is 8.22. The number of nitrogens with zero attached hydrogens (tertiary/aromatic N) is 3. The van der Waals surface area contributed by atoms with Crippen molar-refractivity contribution in [3.63, 3.8) is 0 Å². The fourth-order valence-corrected chi connectivity index (χ4v) is 4.61. The molecular formula is C18H20N4O4S. The Morgan fingerprint density at radius 3 is 2.59 bits per heavy atom. The Kier molecular flexibility index (Phi) is 5.43. The van der Waals surface area contributed by atoms with E-state index in [0.717, 1.165) is 10.4 Å². The van der Waals surface area contributed by atoms with Crippen molar-refractivity contribution in [2.75, 3.05) is 26.4 Å². The van der Waals surface area contributed by atoms with Crippen molar-refractivity contribution in [1.82, 2.24) is 4.90 Å². The van der Waals surface area contributed by atoms with E-state index in [9.17, 15) is 15.2 Å². The quantitative estimate of drug-likeness (QED) is 0.320. The van der Waals surface area contributed by atoms with Crippen LogP contribution in [0.25, 0.3) is 0 Å². The largest absolute Gasteiger partial charge is 0.465 e. The Labute approximate surface area is 160 Å². The molecule has 0 spiro atoms. The summed E-state index contributed by atoms with van der Waals surface area (Å²) in [5.74, 6) is -0.491. The van der Waals surface area contributed by atoms with Gasteiger partial charge in [-0.3, -0.25) is 4.90 Å². The summed E-state index contributed by atoms with van der Waals surface area (Å²) in [6.45, 7) is 0.602. The van der Waals surface area contributed by atoms with Crippen molar-refractivity contribution in [2.24, 2.45) is 10.3 Å². The molecule has 1 aromatic heterocycles. The Hall–Kier alpha value is -2.91. The molecule has 1 aromatic carbocycles. The first-order chi connectivity index (χ1) is 13.0. The normalized spacial score (nSPS) is 18.2. The van der Waals surface area contributed by atoms with Crippen molar-refractivity contribution in [3.8, 4) is 0 Å². The molecule has 27 heavy (non-hydrogen) atoms. The van der Waals surface area contributed by atoms with Gasteiger partial charge in [0, 0.05) is 17.0 Å². The van der Waals surface area contributed by atoms with Crippen LogP contribution in [0.15, 0.2) is 40.6 Å². The first-order valence-corrected chi connectivity index (χ1v) is 9.04. The number of oxime groups is 2. The van der Waals surface area contributed by atoms with Crippen molar-refractivity contribution >= 4 is 33.7 Å². The van der Waals surface area contributed by atoms with Crippen LogP contribution in [-0.4, -0.2) is 53.4 Å². The molecular weight excluding hydrogens is 368 g/mol. The van der Waals surface area contributed by atoms with E-state index in [1.807, 2.05) is 18.0 Å². The predicted octanol–water partition coefficient (Wildman–Crippen LogP) is 2.35. The number of benzene rings is 1. The van der Waals surface area contributed by atoms with Crippen LogP contribution in [0, 0.1) is 0 Å². The second-order valence-corrected chi connectivity index (χ2v) is 7.19. The number of nitrogens with two attached hydrogens (primary N) is 1. The smallest absolute Gasteiger partial charge is 0.341 e. The Morgan fingerprint density at radius 1 is 1.30 bits per heavy atom. The van der Waals surface area contributed by atoms with Gasteiger partial charge in [-0.15, -0.1) is 11.3 Å². The Balaban J connectivity index is 2.13. The van der Waals surface area contributed by atoms with Crippen molar-refractivity contribution < 1.29 is 19.9 Å². The van der Waals surface area contributed by atoms with Crippen LogP contribution in [0.4, 0.5) is 5.00 Å². The van der Waals surface area contributed by atoms with Gasteiger partial charge < -0.3 is 20.9 Å². The number of hydrogen-bond donors (Lipinski definition) is 3. The average Bonchev–Trinajstić information content (AvgIpc) is 3.02. The molecule has 2 heterocycles. The van der Waals surface area contributed by atoms with E-state index >= 15 is 0 Å². The average molecular weight is 388 g/mol. The van der Waals surface area contributed by atoms with Gasteiger partial charge in [0.2, 0.25) is 0 Å². The van der Waals surface area contributed by atoms with Gasteiger partial charge in [-0.05, 0) is 19.0 Å². The molecule has 1 aliphatic heterocycles. The predicted molar refractivity (Wildman–Crippen MR) is 103 cm³/mol. The van der Waals surface area contributed by atoms with Crippen molar-refractivity contribution in [3.05, 3.63) is 51.9 Å². The van der Waals surface area contributed by atoms with Gasteiger partial charge in [-0.2, -0.15) is 0 Å². The number of carbonyl (C=O) groups excluding carboxylic acids is 1. The van der Waals surface area contributed by atoms with Crippen LogP contribution in [0.3, 0.4) is 0 Å². The maximum absolute atomic E-state index is 12.2. The number of likely N-dealkylation sites (N-methyl/N-ethyl adjacent to an activating group) is 1. The van der Waals surface area contributed by atoms with Gasteiger partial charge in [0.05, 0.1) is 18.7 Å². The summed E-state index contributed by atoms with van der Waals surface area (Å²) in [6, 6.07) is 8.42. The summed E-state index contributed by atoms with van der Waals surface area (Å²) in [6.07, 6.45) is 0.607. The van der Waals surface area contributed by atoms with E-state index in [0.29, 0.717) is 29.1 Å². The first kappa shape index (κ1) is 18.9. The summed E-state index contributed by atoms with van der Waals surface area (Å²) in [4.78, 5) is 14.9. The van der Waals surface area contributed by atoms with Gasteiger partial charge in [0.15, 0.2) is 0 Å². The fourth-order valence-electron chi connectivity index (χ4n) is 3.33. The number of thiophene rings is 1. The highest BCUT2D eigenvalue weighted by molar-refractivity contribution is 7.16. The van der Waals surface area contributed by atoms with E-state index in [1.54, 1.807) is 24.3 Å². The number of fused-ring (bicyclic) bond motifs is 1. The molecule has 3 rings (SSSR count). The highest BCUT2D eigenvalue weighted by atomic mass is 32.1. The molecule has 2 aromatic rings. The molecule has 0 radical (unpaired) electrons. The minimum absolute atomic E-state index is 0.148. The summed E-state index contributed by atoms with van der Waals surface area (Å²) in [5, 5.41) is 26.6. The molecule has 8 nitrogen and oxygen atoms in total. The summed E-state index contributed by atoms with van der Waals surface area (Å²) < 4.78 is 4.86. The number of nitrogen functional groups attached to an aromatic ring is 1. The summed E-state index contributed by atoms with van der Waals surface area (Å²) >= 11 is 1.25. The molecule has 0 aliphatic carbocycles. The van der Waals surface area contributed by atoms with Crippen LogP contribution in [0.1, 0.15) is 32.4 Å². The van der Waals surface area contributed by atoms with Crippen LogP contribution >= 0.6 is 11.3 Å². The third-order valence-corrected chi connectivity index (χ3v) is 5.73. The highest BCUT2D eigenvalue weighted by Crippen LogP contribution is 2.42. The molecule has 1 unspecified atom stereocenters. The Morgan fingerprint density at radius 2 is 2.00 bits per heavy atom. The molecule has 4 N–H and O–H groups in total. The fraction of sp³-hybridized carbons (Fsp3) is 0.278. The van der Waals surface area contributed by atoms with E-state index in [1.165, 1.54) is 18.4 Å². The van der Waals surface area contributed by atoms with Gasteiger partial charge >= 0.3 is 5.97 Å². The number of ether oxygens (including phenoxy) is 1. The zero-order valence-corrected chi connectivity index (χ0v) is 15.7. The maximum Gasteiger partial charge on any atom is 0.341 e. The van der Waals surface area contributed by atoms with Crippen LogP contribution < -0.4 is 5.73 Å². The van der Waals surface area contributed by atoms with E-state index in [4.69, 9.17) is 10.5 Å². The van der Waals surface area contributed by atoms with E-state index in [2.05, 4.69) is 10.3 Å². The maximum atomic E-state index is 12.2. The number of rotatable bonds is 4. The zero-order chi connectivity index (χ0) is 19.6. The van der Waals surface area contributed by atoms with Crippen LogP contribution in [0.5, 0.6) is 0 Å². The molecule has 0 fully saturated rings. The second-order valence-electron chi connectivity index (χ2n) is 6.11. The lowest BCUT2D eigenvalue weighted by Gasteiger charge is -2.33. The molecule has 1 atom stereocenters. The van der Waals surface area contributed by atoms with Crippen LogP contribution in [0.2, 0.25) is 0 Å². The third kappa shape index (κ3) is 3.26. The summed E-state index contributed by atoms with van der Waals surface area (Å²) in [5.41, 5.74) is 8.14. The summed E-state index contributed by atoms with van der Waals surface area (Å²) in [7, 11) is 3.18. The third-order valence-electron chi connectivity index (χ3n) is 4.62. The van der Waals surface area contributed by atoms with Crippen molar-refractivity contribution in [1.29, 1.82) is 0 Å². The lowest BCUT2D eigenvalue weighted by Crippen LogP contribution is -2.39. The molecule has 1 aliphatic rings. The molecule has 0 amide bonds. The SMILES string of the molecule is COC(=O)c1c(N)sc2c1CCN(C)C2C(=N/O)/C(=N/O)c1ccccc1. The number of hydrogen-bond acceptors (Lipinski definition) is 9. The van der Waals surface area contributed by atoms with Crippen molar-refractivity contribution in [2.45, 2.75) is 12.5 Å². The molecule has 9 heteroatoms. The number of carbonyl (C=O) groups is 1. The monoisotopic (exact) mass is 388 g/mol. The molecule has 0 saturated carbocycles. The number of esters is 1. The van der Waals surface area contributed by atoms with Gasteiger partial charge in [0.1, 0.15) is 16.4 Å². The minimum Gasteiger partial charge on any atom is -0.465 e. The van der Waals surface area contributed by atoms with E-state index in [-0.39, 0.29) is 11.4 Å². The molecule has 0 bridgehead atoms. The lowest BCUT2D eigenvalue weighted by atomic mass is 9.91. The van der Waals surface area contributed by atoms with Gasteiger partial charge in [-0.1, -0.05) is 40.6 Å². The minimum atomic E-state index is -0.518. The topological polar surface area (TPSA) is 121 Å². The van der Waals surface area contributed by atoms with Gasteiger partial charge in [-0.25, -0.2) is 4.79 Å². The van der Waals surface area contributed by atoms with Crippen LogP contribution in [-0.2, 0) is 11.2 Å². The highest BCUT2D eigenvalue weighted by Gasteiger charge is 2.38. The lowest BCUT2D eigenvalue weighted by molar-refractivity contribution is 0.0600. The Bertz CT molecular complexity index is 908. The number of methoxy groups -OCH3 is 1. The zero-order valence-electron chi connectivity index (χ0n) is 14.9. The van der Waals surface area contributed by atoms with E-state index < -0.39 is 12.0 Å². The molecule has 0 saturated heterocycles. The number of anilines is 1. The standard InChI is InChI=1S/C18H20N4O4S/c1-22-9-8-11-12(18(23)26-2)17(19)27-16(11)15(22)14(21-25)13(20-24)10-6-4-3-5-7-10/h3-7,15,24-25H,8-9,19H2,1-2H3/b20-13+,21-14+. The molecule has 142 valence electrons. The second kappa shape index (κ2) is 7.77. The van der Waals surface area contributed by atoms with Gasteiger partial charge in [0.25, 0.3) is 0 Å².